The second-order valence-corrected chi connectivity index (χ2v) is 8.58. The molecule has 1 amide bonds. The van der Waals surface area contributed by atoms with E-state index in [-0.39, 0.29) is 41.3 Å². The highest BCUT2D eigenvalue weighted by Gasteiger charge is 2.41. The summed E-state index contributed by atoms with van der Waals surface area (Å²) in [4.78, 5) is 19.5. The summed E-state index contributed by atoms with van der Waals surface area (Å²) in [6, 6.07) is 8.84. The summed E-state index contributed by atoms with van der Waals surface area (Å²) < 4.78 is 43.4. The van der Waals surface area contributed by atoms with Crippen LogP contribution in [0.2, 0.25) is 0 Å². The fraction of sp³-hybridized carbons (Fsp3) is 0.435. The fourth-order valence-electron chi connectivity index (χ4n) is 5.08. The molecule has 2 aliphatic rings. The molecule has 0 bridgehead atoms. The molecule has 0 radical (unpaired) electrons. The van der Waals surface area contributed by atoms with Gasteiger partial charge in [0.05, 0.1) is 5.69 Å². The number of carbonyl (C=O) groups excluding carboxylic acids is 1. The number of carbonyl (C=O) groups is 1. The van der Waals surface area contributed by atoms with Crippen molar-refractivity contribution < 1.29 is 18.0 Å². The molecule has 162 valence electrons. The van der Waals surface area contributed by atoms with Crippen LogP contribution in [0.3, 0.4) is 0 Å². The molecule has 2 aromatic heterocycles. The topological polar surface area (TPSA) is 50.5 Å². The van der Waals surface area contributed by atoms with E-state index in [0.29, 0.717) is 17.7 Å². The Morgan fingerprint density at radius 3 is 2.52 bits per heavy atom. The van der Waals surface area contributed by atoms with E-state index >= 15 is 0 Å². The predicted molar refractivity (Wildman–Crippen MR) is 110 cm³/mol. The van der Waals surface area contributed by atoms with E-state index in [2.05, 4.69) is 10.1 Å². The molecule has 3 aromatic rings. The maximum absolute atomic E-state index is 14.2. The molecule has 0 saturated carbocycles. The zero-order valence-electron chi connectivity index (χ0n) is 17.4. The summed E-state index contributed by atoms with van der Waals surface area (Å²) in [5.74, 6) is -0.336. The molecule has 5 rings (SSSR count). The Kier molecular flexibility index (Phi) is 4.57. The van der Waals surface area contributed by atoms with E-state index in [1.165, 1.54) is 6.07 Å². The van der Waals surface area contributed by atoms with E-state index in [4.69, 9.17) is 0 Å². The summed E-state index contributed by atoms with van der Waals surface area (Å²) in [6.45, 7) is 3.94. The molecular weight excluding hydrogens is 405 g/mol. The smallest absolute Gasteiger partial charge is 0.332 e. The number of nitrogens with zero attached hydrogens (tertiary/aromatic N) is 4. The molecule has 3 heterocycles. The number of rotatable bonds is 1. The number of aryl methyl sites for hydroxylation is 1. The Morgan fingerprint density at radius 1 is 1.10 bits per heavy atom. The summed E-state index contributed by atoms with van der Waals surface area (Å²) in [6.07, 6.45) is -1.09. The number of hydrogen-bond acceptors (Lipinski definition) is 3. The Morgan fingerprint density at radius 2 is 1.81 bits per heavy atom. The monoisotopic (exact) mass is 428 g/mol. The first-order valence-corrected chi connectivity index (χ1v) is 10.7. The second kappa shape index (κ2) is 7.07. The van der Waals surface area contributed by atoms with Crippen molar-refractivity contribution >= 4 is 11.6 Å². The molecule has 1 aromatic carbocycles. The lowest BCUT2D eigenvalue weighted by atomic mass is 9.88. The van der Waals surface area contributed by atoms with E-state index in [0.717, 1.165) is 29.3 Å². The van der Waals surface area contributed by atoms with Gasteiger partial charge in [0, 0.05) is 29.3 Å². The molecule has 2 atom stereocenters. The molecular formula is C23H23F3N4O. The highest BCUT2D eigenvalue weighted by atomic mass is 19.4. The van der Waals surface area contributed by atoms with Gasteiger partial charge >= 0.3 is 6.18 Å². The van der Waals surface area contributed by atoms with Gasteiger partial charge in [-0.2, -0.15) is 18.3 Å². The van der Waals surface area contributed by atoms with Crippen molar-refractivity contribution in [3.63, 3.8) is 0 Å². The minimum atomic E-state index is -4.62. The van der Waals surface area contributed by atoms with Crippen LogP contribution in [0.25, 0.3) is 16.9 Å². The van der Waals surface area contributed by atoms with Gasteiger partial charge in [-0.1, -0.05) is 24.3 Å². The van der Waals surface area contributed by atoms with Crippen LogP contribution in [-0.4, -0.2) is 37.5 Å². The first-order valence-electron chi connectivity index (χ1n) is 10.7. The number of alkyl halides is 3. The van der Waals surface area contributed by atoms with Crippen LogP contribution >= 0.6 is 0 Å². The van der Waals surface area contributed by atoms with Crippen LogP contribution in [0, 0.1) is 0 Å². The highest BCUT2D eigenvalue weighted by Crippen LogP contribution is 2.40. The number of fused-ring (bicyclic) bond motifs is 4. The van der Waals surface area contributed by atoms with Gasteiger partial charge in [0.2, 0.25) is 0 Å². The summed E-state index contributed by atoms with van der Waals surface area (Å²) in [5, 5.41) is 4.13. The number of piperidine rings is 1. The number of aromatic nitrogens is 3. The molecule has 0 spiro atoms. The lowest BCUT2D eigenvalue weighted by Gasteiger charge is -2.38. The molecule has 1 fully saturated rings. The van der Waals surface area contributed by atoms with Gasteiger partial charge in [-0.15, -0.1) is 0 Å². The zero-order chi connectivity index (χ0) is 21.9. The molecule has 0 N–H and O–H groups in total. The summed E-state index contributed by atoms with van der Waals surface area (Å²) >= 11 is 0. The summed E-state index contributed by atoms with van der Waals surface area (Å²) in [7, 11) is 0. The third kappa shape index (κ3) is 3.20. The fourth-order valence-corrected chi connectivity index (χ4v) is 5.08. The van der Waals surface area contributed by atoms with Crippen molar-refractivity contribution in [3.05, 3.63) is 52.8 Å². The van der Waals surface area contributed by atoms with Crippen molar-refractivity contribution in [1.82, 2.24) is 19.5 Å². The maximum atomic E-state index is 14.2. The Hall–Kier alpha value is -2.90. The number of halogens is 3. The van der Waals surface area contributed by atoms with Gasteiger partial charge in [-0.25, -0.2) is 9.50 Å². The number of hydrogen-bond donors (Lipinski definition) is 0. The average Bonchev–Trinajstić information content (AvgIpc) is 3.14. The molecule has 8 heteroatoms. The minimum Gasteiger partial charge on any atom is -0.332 e. The van der Waals surface area contributed by atoms with Crippen LogP contribution in [0.5, 0.6) is 0 Å². The van der Waals surface area contributed by atoms with E-state index < -0.39 is 11.9 Å². The quantitative estimate of drug-likeness (QED) is 0.553. The molecule has 31 heavy (non-hydrogen) atoms. The third-order valence-corrected chi connectivity index (χ3v) is 6.53. The zero-order valence-corrected chi connectivity index (χ0v) is 17.4. The summed E-state index contributed by atoms with van der Waals surface area (Å²) in [5.41, 5.74) is 1.38. The molecule has 0 unspecified atom stereocenters. The lowest BCUT2D eigenvalue weighted by Crippen LogP contribution is -2.47. The third-order valence-electron chi connectivity index (χ3n) is 6.53. The number of amides is 1. The molecule has 1 aliphatic carbocycles. The van der Waals surface area contributed by atoms with Crippen molar-refractivity contribution in [3.8, 4) is 11.3 Å². The predicted octanol–water partition coefficient (Wildman–Crippen LogP) is 4.92. The minimum absolute atomic E-state index is 0.00855. The Balaban J connectivity index is 1.70. The van der Waals surface area contributed by atoms with Gasteiger partial charge in [-0.05, 0) is 51.5 Å². The van der Waals surface area contributed by atoms with Gasteiger partial charge in [0.15, 0.2) is 17.0 Å². The van der Waals surface area contributed by atoms with Crippen LogP contribution in [0.15, 0.2) is 30.3 Å². The SMILES string of the molecule is C[C@@H]1CCC[C@H](C)N1C(=O)c1cc2nc3c(c(C(F)(F)F)n2n1)CCc1ccccc1-3. The van der Waals surface area contributed by atoms with Gasteiger partial charge in [-0.3, -0.25) is 4.79 Å². The Labute approximate surface area is 177 Å². The van der Waals surface area contributed by atoms with Crippen LogP contribution < -0.4 is 0 Å². The standard InChI is InChI=1S/C23H23F3N4O/c1-13-6-5-7-14(2)29(13)22(31)18-12-19-27-20-16-9-4-3-8-15(16)10-11-17(20)21(23(24,25)26)30(19)28-18/h3-4,8-9,12-14H,5-7,10-11H2,1-2H3/t13-,14+. The Bertz CT molecular complexity index is 1170. The number of benzene rings is 1. The van der Waals surface area contributed by atoms with E-state index in [1.807, 2.05) is 26.0 Å². The van der Waals surface area contributed by atoms with E-state index in [1.54, 1.807) is 17.0 Å². The van der Waals surface area contributed by atoms with Crippen LogP contribution in [-0.2, 0) is 19.0 Å². The normalized spacial score (nSPS) is 21.1. The van der Waals surface area contributed by atoms with Crippen molar-refractivity contribution in [2.24, 2.45) is 0 Å². The van der Waals surface area contributed by atoms with Gasteiger partial charge < -0.3 is 4.90 Å². The maximum Gasteiger partial charge on any atom is 0.433 e. The van der Waals surface area contributed by atoms with Crippen LogP contribution in [0.4, 0.5) is 13.2 Å². The second-order valence-electron chi connectivity index (χ2n) is 8.58. The van der Waals surface area contributed by atoms with Crippen molar-refractivity contribution in [2.45, 2.75) is 64.2 Å². The molecule has 5 nitrogen and oxygen atoms in total. The average molecular weight is 428 g/mol. The van der Waals surface area contributed by atoms with Gasteiger partial charge in [0.25, 0.3) is 5.91 Å². The highest BCUT2D eigenvalue weighted by molar-refractivity contribution is 5.94. The first kappa shape index (κ1) is 20.0. The lowest BCUT2D eigenvalue weighted by molar-refractivity contribution is -0.143. The van der Waals surface area contributed by atoms with E-state index in [9.17, 15) is 18.0 Å². The van der Waals surface area contributed by atoms with Crippen LogP contribution in [0.1, 0.15) is 60.4 Å². The van der Waals surface area contributed by atoms with Gasteiger partial charge in [0.1, 0.15) is 0 Å². The van der Waals surface area contributed by atoms with Crippen molar-refractivity contribution in [1.29, 1.82) is 0 Å². The first-order chi connectivity index (χ1) is 14.8. The largest absolute Gasteiger partial charge is 0.433 e. The number of likely N-dealkylation sites (tertiary alicyclic amines) is 1. The van der Waals surface area contributed by atoms with Crippen molar-refractivity contribution in [2.75, 3.05) is 0 Å². The molecule has 1 saturated heterocycles. The molecule has 1 aliphatic heterocycles.